The lowest BCUT2D eigenvalue weighted by Crippen LogP contribution is -2.36. The molecule has 1 atom stereocenters. The molecule has 0 aromatic heterocycles. The number of hydrogen-bond acceptors (Lipinski definition) is 1. The summed E-state index contributed by atoms with van der Waals surface area (Å²) >= 11 is 6.06. The van der Waals surface area contributed by atoms with E-state index in [1.807, 2.05) is 6.07 Å². The van der Waals surface area contributed by atoms with E-state index < -0.39 is 0 Å². The third-order valence-electron chi connectivity index (χ3n) is 3.30. The molecule has 1 aliphatic rings. The highest BCUT2D eigenvalue weighted by Gasteiger charge is 2.34. The van der Waals surface area contributed by atoms with Crippen molar-refractivity contribution >= 4 is 11.6 Å². The molecular weight excluding hydrogens is 206 g/mol. The standard InChI is InChI=1S/C13H18ClN/c1-2-7-13(8-4-9-15-13)11-5-3-6-12(14)10-11/h3,5-6,10,15H,2,4,7-9H2,1H3. The first-order valence-electron chi connectivity index (χ1n) is 5.78. The topological polar surface area (TPSA) is 12.0 Å². The van der Waals surface area contributed by atoms with Gasteiger partial charge in [0.25, 0.3) is 0 Å². The Hall–Kier alpha value is -0.530. The molecule has 2 rings (SSSR count). The maximum atomic E-state index is 6.06. The minimum absolute atomic E-state index is 0.194. The molecule has 1 aliphatic heterocycles. The average molecular weight is 224 g/mol. The summed E-state index contributed by atoms with van der Waals surface area (Å²) in [6.45, 7) is 3.37. The van der Waals surface area contributed by atoms with Crippen LogP contribution in [0.2, 0.25) is 5.02 Å². The van der Waals surface area contributed by atoms with E-state index >= 15 is 0 Å². The van der Waals surface area contributed by atoms with Crippen LogP contribution in [0.3, 0.4) is 0 Å². The number of rotatable bonds is 3. The van der Waals surface area contributed by atoms with Crippen LogP contribution in [0, 0.1) is 0 Å². The highest BCUT2D eigenvalue weighted by Crippen LogP contribution is 2.36. The number of hydrogen-bond donors (Lipinski definition) is 1. The Kier molecular flexibility index (Phi) is 3.32. The molecule has 2 heteroatoms. The smallest absolute Gasteiger partial charge is 0.0435 e. The predicted octanol–water partition coefficient (Wildman–Crippen LogP) is 3.72. The van der Waals surface area contributed by atoms with Gasteiger partial charge in [-0.15, -0.1) is 0 Å². The Morgan fingerprint density at radius 2 is 2.33 bits per heavy atom. The van der Waals surface area contributed by atoms with Gasteiger partial charge in [-0.3, -0.25) is 0 Å². The summed E-state index contributed by atoms with van der Waals surface area (Å²) in [5, 5.41) is 4.50. The van der Waals surface area contributed by atoms with Crippen LogP contribution in [0.4, 0.5) is 0 Å². The first kappa shape index (κ1) is 11.0. The van der Waals surface area contributed by atoms with Crippen LogP contribution in [0.15, 0.2) is 24.3 Å². The van der Waals surface area contributed by atoms with Crippen LogP contribution in [0.5, 0.6) is 0 Å². The molecule has 1 N–H and O–H groups in total. The first-order valence-corrected chi connectivity index (χ1v) is 6.16. The van der Waals surface area contributed by atoms with Gasteiger partial charge in [0, 0.05) is 10.6 Å². The molecular formula is C13H18ClN. The van der Waals surface area contributed by atoms with E-state index in [4.69, 9.17) is 11.6 Å². The maximum Gasteiger partial charge on any atom is 0.0435 e. The summed E-state index contributed by atoms with van der Waals surface area (Å²) in [7, 11) is 0. The quantitative estimate of drug-likeness (QED) is 0.824. The lowest BCUT2D eigenvalue weighted by molar-refractivity contribution is 0.356. The Labute approximate surface area is 96.8 Å². The normalized spacial score (nSPS) is 25.7. The molecule has 1 saturated heterocycles. The van der Waals surface area contributed by atoms with E-state index in [-0.39, 0.29) is 5.54 Å². The van der Waals surface area contributed by atoms with Crippen LogP contribution in [0.25, 0.3) is 0 Å². The predicted molar refractivity (Wildman–Crippen MR) is 65.3 cm³/mol. The monoisotopic (exact) mass is 223 g/mol. The van der Waals surface area contributed by atoms with Crippen molar-refractivity contribution in [2.45, 2.75) is 38.1 Å². The van der Waals surface area contributed by atoms with Gasteiger partial charge < -0.3 is 5.32 Å². The van der Waals surface area contributed by atoms with Gasteiger partial charge in [-0.1, -0.05) is 37.1 Å². The van der Waals surface area contributed by atoms with Crippen molar-refractivity contribution in [3.8, 4) is 0 Å². The van der Waals surface area contributed by atoms with E-state index in [0.29, 0.717) is 0 Å². The molecule has 0 saturated carbocycles. The molecule has 1 aromatic carbocycles. The van der Waals surface area contributed by atoms with Crippen molar-refractivity contribution in [3.63, 3.8) is 0 Å². The van der Waals surface area contributed by atoms with Crippen LogP contribution in [-0.2, 0) is 5.54 Å². The SMILES string of the molecule is CCCC1(c2cccc(Cl)c2)CCCN1. The summed E-state index contributed by atoms with van der Waals surface area (Å²) < 4.78 is 0. The molecule has 1 nitrogen and oxygen atoms in total. The molecule has 0 spiro atoms. The average Bonchev–Trinajstić information content (AvgIpc) is 2.68. The molecule has 15 heavy (non-hydrogen) atoms. The summed E-state index contributed by atoms with van der Waals surface area (Å²) in [5.41, 5.74) is 1.55. The third kappa shape index (κ3) is 2.19. The lowest BCUT2D eigenvalue weighted by atomic mass is 9.84. The third-order valence-corrected chi connectivity index (χ3v) is 3.53. The van der Waals surface area contributed by atoms with Gasteiger partial charge >= 0.3 is 0 Å². The molecule has 0 radical (unpaired) electrons. The zero-order chi connectivity index (χ0) is 10.7. The highest BCUT2D eigenvalue weighted by atomic mass is 35.5. The Bertz CT molecular complexity index is 329. The van der Waals surface area contributed by atoms with Gasteiger partial charge in [-0.05, 0) is 43.5 Å². The number of halogens is 1. The lowest BCUT2D eigenvalue weighted by Gasteiger charge is -2.30. The second-order valence-corrected chi connectivity index (χ2v) is 4.81. The van der Waals surface area contributed by atoms with Crippen molar-refractivity contribution < 1.29 is 0 Å². The zero-order valence-electron chi connectivity index (χ0n) is 9.22. The molecule has 82 valence electrons. The van der Waals surface area contributed by atoms with Gasteiger partial charge in [0.1, 0.15) is 0 Å². The summed E-state index contributed by atoms with van der Waals surface area (Å²) in [4.78, 5) is 0. The first-order chi connectivity index (χ1) is 7.27. The van der Waals surface area contributed by atoms with Gasteiger partial charge in [-0.2, -0.15) is 0 Å². The fraction of sp³-hybridized carbons (Fsp3) is 0.538. The second-order valence-electron chi connectivity index (χ2n) is 4.37. The van der Waals surface area contributed by atoms with Crippen molar-refractivity contribution in [2.75, 3.05) is 6.54 Å². The van der Waals surface area contributed by atoms with E-state index in [1.54, 1.807) is 0 Å². The summed E-state index contributed by atoms with van der Waals surface area (Å²) in [6, 6.07) is 8.30. The van der Waals surface area contributed by atoms with E-state index in [2.05, 4.69) is 30.4 Å². The maximum absolute atomic E-state index is 6.06. The molecule has 1 aromatic rings. The summed E-state index contributed by atoms with van der Waals surface area (Å²) in [6.07, 6.45) is 4.92. The fourth-order valence-electron chi connectivity index (χ4n) is 2.62. The van der Waals surface area contributed by atoms with Crippen molar-refractivity contribution in [2.24, 2.45) is 0 Å². The van der Waals surface area contributed by atoms with E-state index in [9.17, 15) is 0 Å². The van der Waals surface area contributed by atoms with Gasteiger partial charge in [0.05, 0.1) is 0 Å². The van der Waals surface area contributed by atoms with E-state index in [0.717, 1.165) is 11.6 Å². The molecule has 1 heterocycles. The second kappa shape index (κ2) is 4.54. The van der Waals surface area contributed by atoms with Crippen LogP contribution in [-0.4, -0.2) is 6.54 Å². The highest BCUT2D eigenvalue weighted by molar-refractivity contribution is 6.30. The molecule has 1 unspecified atom stereocenters. The van der Waals surface area contributed by atoms with Crippen molar-refractivity contribution in [3.05, 3.63) is 34.9 Å². The molecule has 0 aliphatic carbocycles. The van der Waals surface area contributed by atoms with Crippen LogP contribution in [0.1, 0.15) is 38.2 Å². The van der Waals surface area contributed by atoms with E-state index in [1.165, 1.54) is 31.2 Å². The molecule has 0 amide bonds. The fourth-order valence-corrected chi connectivity index (χ4v) is 2.81. The Morgan fingerprint density at radius 3 is 2.93 bits per heavy atom. The largest absolute Gasteiger partial charge is 0.307 e. The van der Waals surface area contributed by atoms with Gasteiger partial charge in [0.15, 0.2) is 0 Å². The minimum Gasteiger partial charge on any atom is -0.307 e. The zero-order valence-corrected chi connectivity index (χ0v) is 9.98. The number of nitrogens with one attached hydrogen (secondary N) is 1. The van der Waals surface area contributed by atoms with Crippen molar-refractivity contribution in [1.29, 1.82) is 0 Å². The number of benzene rings is 1. The molecule has 0 bridgehead atoms. The molecule has 1 fully saturated rings. The van der Waals surface area contributed by atoms with Crippen LogP contribution < -0.4 is 5.32 Å². The Balaban J connectivity index is 2.31. The van der Waals surface area contributed by atoms with Gasteiger partial charge in [0.2, 0.25) is 0 Å². The van der Waals surface area contributed by atoms with Crippen molar-refractivity contribution in [1.82, 2.24) is 5.32 Å². The van der Waals surface area contributed by atoms with Gasteiger partial charge in [-0.25, -0.2) is 0 Å². The minimum atomic E-state index is 0.194. The summed E-state index contributed by atoms with van der Waals surface area (Å²) in [5.74, 6) is 0. The van der Waals surface area contributed by atoms with Crippen LogP contribution >= 0.6 is 11.6 Å². The Morgan fingerprint density at radius 1 is 1.47 bits per heavy atom.